The molecule has 0 saturated carbocycles. The molecule has 2 saturated heterocycles. The van der Waals surface area contributed by atoms with Crippen LogP contribution in [0.15, 0.2) is 72.9 Å². The van der Waals surface area contributed by atoms with Gasteiger partial charge in [-0.2, -0.15) is 0 Å². The summed E-state index contributed by atoms with van der Waals surface area (Å²) in [6, 6.07) is 22.0. The van der Waals surface area contributed by atoms with Crippen molar-refractivity contribution in [3.05, 3.63) is 89.7 Å². The lowest BCUT2D eigenvalue weighted by molar-refractivity contribution is -0.132. The average molecular weight is 457 g/mol. The Hall–Kier alpha value is -3.22. The van der Waals surface area contributed by atoms with E-state index in [4.69, 9.17) is 9.47 Å². The monoisotopic (exact) mass is 456 g/mol. The minimum Gasteiger partial charge on any atom is -0.448 e. The Bertz CT molecular complexity index is 1140. The summed E-state index contributed by atoms with van der Waals surface area (Å²) < 4.78 is 11.7. The van der Waals surface area contributed by atoms with Crippen molar-refractivity contribution in [3.8, 4) is 11.1 Å². The van der Waals surface area contributed by atoms with E-state index in [1.165, 1.54) is 22.3 Å². The van der Waals surface area contributed by atoms with Crippen molar-refractivity contribution in [1.82, 2.24) is 9.88 Å². The molecule has 2 unspecified atom stereocenters. The van der Waals surface area contributed by atoms with Gasteiger partial charge >= 0.3 is 6.09 Å². The highest BCUT2D eigenvalue weighted by Crippen LogP contribution is 2.45. The quantitative estimate of drug-likeness (QED) is 0.638. The van der Waals surface area contributed by atoms with Crippen molar-refractivity contribution >= 4 is 6.09 Å². The first-order valence-corrected chi connectivity index (χ1v) is 11.9. The van der Waals surface area contributed by atoms with Gasteiger partial charge in [-0.3, -0.25) is 9.88 Å². The highest BCUT2D eigenvalue weighted by Gasteiger charge is 2.49. The third-order valence-corrected chi connectivity index (χ3v) is 7.42. The minimum atomic E-state index is -0.909. The van der Waals surface area contributed by atoms with E-state index in [1.807, 2.05) is 47.4 Å². The maximum Gasteiger partial charge on any atom is 0.410 e. The summed E-state index contributed by atoms with van der Waals surface area (Å²) in [5.74, 6) is 0.0262. The standard InChI is InChI=1S/C28H28N2O4/c31-27(34-18-26-24-10-3-1-8-22(24)23-9-2-4-11-25(23)26)30-20-14-28(32,15-21(30)17-33-16-20)13-19-7-5-6-12-29-19/h1-12,20-21,26,32H,13-18H2. The van der Waals surface area contributed by atoms with Crippen molar-refractivity contribution in [2.45, 2.75) is 42.9 Å². The van der Waals surface area contributed by atoms with E-state index in [2.05, 4.69) is 29.2 Å². The molecule has 1 amide bonds. The first-order valence-electron chi connectivity index (χ1n) is 11.9. The van der Waals surface area contributed by atoms with Crippen LogP contribution >= 0.6 is 0 Å². The van der Waals surface area contributed by atoms with Crippen LogP contribution in [0.2, 0.25) is 0 Å². The van der Waals surface area contributed by atoms with Crippen LogP contribution in [0, 0.1) is 0 Å². The lowest BCUT2D eigenvalue weighted by Gasteiger charge is -2.50. The number of nitrogens with zero attached hydrogens (tertiary/aromatic N) is 2. The first-order chi connectivity index (χ1) is 16.6. The second-order valence-corrected chi connectivity index (χ2v) is 9.69. The zero-order chi connectivity index (χ0) is 23.1. The van der Waals surface area contributed by atoms with Gasteiger partial charge in [0.25, 0.3) is 0 Å². The third-order valence-electron chi connectivity index (χ3n) is 7.42. The summed E-state index contributed by atoms with van der Waals surface area (Å²) in [6.45, 7) is 1.11. The SMILES string of the molecule is O=C(OCC1c2ccccc2-c2ccccc21)N1C2COCC1CC(O)(Cc1ccccn1)C2. The molecule has 2 aromatic carbocycles. The molecule has 6 rings (SSSR count). The van der Waals surface area contributed by atoms with Crippen LogP contribution in [0.25, 0.3) is 11.1 Å². The number of benzene rings is 2. The Kier molecular flexibility index (Phi) is 5.35. The second-order valence-electron chi connectivity index (χ2n) is 9.69. The number of morpholine rings is 1. The fraction of sp³-hybridized carbons (Fsp3) is 0.357. The summed E-state index contributed by atoms with van der Waals surface area (Å²) in [6.07, 6.45) is 2.79. The van der Waals surface area contributed by atoms with Gasteiger partial charge in [0.05, 0.1) is 30.9 Å². The molecule has 1 N–H and O–H groups in total. The van der Waals surface area contributed by atoms with Crippen LogP contribution in [0.3, 0.4) is 0 Å². The number of piperidine rings is 1. The van der Waals surface area contributed by atoms with E-state index in [1.54, 1.807) is 6.20 Å². The van der Waals surface area contributed by atoms with Gasteiger partial charge in [-0.05, 0) is 47.2 Å². The van der Waals surface area contributed by atoms with E-state index in [9.17, 15) is 9.90 Å². The smallest absolute Gasteiger partial charge is 0.410 e. The van der Waals surface area contributed by atoms with Crippen LogP contribution in [0.4, 0.5) is 4.79 Å². The molecule has 3 aliphatic rings. The summed E-state index contributed by atoms with van der Waals surface area (Å²) in [5, 5.41) is 11.4. The minimum absolute atomic E-state index is 0.0262. The van der Waals surface area contributed by atoms with Gasteiger partial charge < -0.3 is 14.6 Å². The highest BCUT2D eigenvalue weighted by atomic mass is 16.6. The van der Waals surface area contributed by atoms with Crippen LogP contribution in [0.1, 0.15) is 35.6 Å². The van der Waals surface area contributed by atoms with Gasteiger partial charge in [0, 0.05) is 24.2 Å². The average Bonchev–Trinajstić information content (AvgIpc) is 3.16. The fourth-order valence-electron chi connectivity index (χ4n) is 6.02. The molecule has 1 aromatic heterocycles. The Labute approximate surface area is 199 Å². The van der Waals surface area contributed by atoms with Crippen LogP contribution in [-0.2, 0) is 15.9 Å². The molecule has 6 heteroatoms. The number of ether oxygens (including phenoxy) is 2. The number of carbonyl (C=O) groups is 1. The van der Waals surface area contributed by atoms with Crippen molar-refractivity contribution in [3.63, 3.8) is 0 Å². The molecule has 2 fully saturated rings. The first kappa shape index (κ1) is 21.3. The van der Waals surface area contributed by atoms with Crippen molar-refractivity contribution < 1.29 is 19.4 Å². The molecule has 3 aromatic rings. The largest absolute Gasteiger partial charge is 0.448 e. The van der Waals surface area contributed by atoms with Gasteiger partial charge in [0.1, 0.15) is 6.61 Å². The molecular formula is C28H28N2O4. The maximum atomic E-state index is 13.3. The molecule has 2 aliphatic heterocycles. The third kappa shape index (κ3) is 3.77. The van der Waals surface area contributed by atoms with Crippen LogP contribution in [-0.4, -0.2) is 58.6 Å². The summed E-state index contributed by atoms with van der Waals surface area (Å²) >= 11 is 0. The highest BCUT2D eigenvalue weighted by molar-refractivity contribution is 5.79. The number of fused-ring (bicyclic) bond motifs is 5. The number of aliphatic hydroxyl groups is 1. The van der Waals surface area contributed by atoms with Gasteiger partial charge in [-0.15, -0.1) is 0 Å². The molecule has 1 aliphatic carbocycles. The normalized spacial score (nSPS) is 25.5. The molecule has 2 atom stereocenters. The molecule has 6 nitrogen and oxygen atoms in total. The molecule has 34 heavy (non-hydrogen) atoms. The van der Waals surface area contributed by atoms with Crippen LogP contribution < -0.4 is 0 Å². The van der Waals surface area contributed by atoms with E-state index >= 15 is 0 Å². The lowest BCUT2D eigenvalue weighted by atomic mass is 9.78. The Morgan fingerprint density at radius 2 is 1.59 bits per heavy atom. The van der Waals surface area contributed by atoms with Gasteiger partial charge in [0.15, 0.2) is 0 Å². The Balaban J connectivity index is 1.17. The zero-order valence-electron chi connectivity index (χ0n) is 19.0. The van der Waals surface area contributed by atoms with Crippen LogP contribution in [0.5, 0.6) is 0 Å². The summed E-state index contributed by atoms with van der Waals surface area (Å²) in [7, 11) is 0. The van der Waals surface area contributed by atoms with Gasteiger partial charge in [-0.25, -0.2) is 4.79 Å². The van der Waals surface area contributed by atoms with Gasteiger partial charge in [0.2, 0.25) is 0 Å². The second kappa shape index (κ2) is 8.53. The van der Waals surface area contributed by atoms with Crippen molar-refractivity contribution in [2.75, 3.05) is 19.8 Å². The van der Waals surface area contributed by atoms with Crippen molar-refractivity contribution in [1.29, 1.82) is 0 Å². The number of carbonyl (C=O) groups excluding carboxylic acids is 1. The van der Waals surface area contributed by atoms with E-state index < -0.39 is 5.60 Å². The Morgan fingerprint density at radius 1 is 0.971 bits per heavy atom. The molecular weight excluding hydrogens is 428 g/mol. The summed E-state index contributed by atoms with van der Waals surface area (Å²) in [5.41, 5.74) is 4.77. The molecule has 0 radical (unpaired) electrons. The number of hydrogen-bond acceptors (Lipinski definition) is 5. The number of rotatable bonds is 4. The number of hydrogen-bond donors (Lipinski definition) is 1. The van der Waals surface area contributed by atoms with E-state index in [-0.39, 0.29) is 24.1 Å². The molecule has 3 heterocycles. The molecule has 2 bridgehead atoms. The summed E-state index contributed by atoms with van der Waals surface area (Å²) in [4.78, 5) is 19.5. The zero-order valence-corrected chi connectivity index (χ0v) is 19.0. The number of pyridine rings is 1. The maximum absolute atomic E-state index is 13.3. The van der Waals surface area contributed by atoms with Crippen molar-refractivity contribution in [2.24, 2.45) is 0 Å². The Morgan fingerprint density at radius 3 is 2.21 bits per heavy atom. The van der Waals surface area contributed by atoms with Gasteiger partial charge in [-0.1, -0.05) is 54.6 Å². The predicted molar refractivity (Wildman–Crippen MR) is 127 cm³/mol. The van der Waals surface area contributed by atoms with E-state index in [0.717, 1.165) is 5.69 Å². The molecule has 0 spiro atoms. The fourth-order valence-corrected chi connectivity index (χ4v) is 6.02. The predicted octanol–water partition coefficient (Wildman–Crippen LogP) is 4.17. The van der Waals surface area contributed by atoms with E-state index in [0.29, 0.717) is 39.1 Å². The lowest BCUT2D eigenvalue weighted by Crippen LogP contribution is -2.64. The number of amides is 1. The molecule has 174 valence electrons. The number of aromatic nitrogens is 1. The topological polar surface area (TPSA) is 71.9 Å².